The maximum atomic E-state index is 12.9. The molecule has 174 valence electrons. The number of rotatable bonds is 12. The van der Waals surface area contributed by atoms with Crippen LogP contribution in [0.4, 0.5) is 5.00 Å². The fourth-order valence-electron chi connectivity index (χ4n) is 3.34. The van der Waals surface area contributed by atoms with Gasteiger partial charge in [-0.2, -0.15) is 0 Å². The molecule has 0 aliphatic carbocycles. The van der Waals surface area contributed by atoms with Crippen molar-refractivity contribution >= 4 is 38.3 Å². The van der Waals surface area contributed by atoms with Crippen LogP contribution in [-0.2, 0) is 25.8 Å². The third-order valence-electron chi connectivity index (χ3n) is 5.09. The van der Waals surface area contributed by atoms with E-state index in [1.807, 2.05) is 42.5 Å². The number of fused-ring (bicyclic) bond motifs is 1. The zero-order chi connectivity index (χ0) is 23.6. The van der Waals surface area contributed by atoms with Crippen LogP contribution in [0.1, 0.15) is 18.4 Å². The molecule has 1 amide bonds. The molecule has 0 bridgehead atoms. The van der Waals surface area contributed by atoms with Gasteiger partial charge in [-0.3, -0.25) is 14.6 Å². The van der Waals surface area contributed by atoms with Crippen molar-refractivity contribution in [3.05, 3.63) is 70.5 Å². The lowest BCUT2D eigenvalue weighted by Gasteiger charge is -2.24. The van der Waals surface area contributed by atoms with Crippen molar-refractivity contribution in [2.75, 3.05) is 18.5 Å². The highest BCUT2D eigenvalue weighted by molar-refractivity contribution is 7.22. The Morgan fingerprint density at radius 1 is 1.24 bits per heavy atom. The smallest absolute Gasteiger partial charge is 0.306 e. The summed E-state index contributed by atoms with van der Waals surface area (Å²) in [7, 11) is 0. The highest BCUT2D eigenvalue weighted by Gasteiger charge is 2.29. The van der Waals surface area contributed by atoms with Crippen molar-refractivity contribution in [3.63, 3.8) is 0 Å². The summed E-state index contributed by atoms with van der Waals surface area (Å²) in [6.45, 7) is -0.301. The molecule has 2 heterocycles. The summed E-state index contributed by atoms with van der Waals surface area (Å²) in [6.07, 6.45) is 3.47. The number of anilines is 1. The minimum absolute atomic E-state index is 0.0308. The van der Waals surface area contributed by atoms with E-state index in [1.165, 1.54) is 11.3 Å². The number of aromatic nitrogens is 1. The Morgan fingerprint density at radius 2 is 2.03 bits per heavy atom. The number of nitrogens with two attached hydrogens (primary N) is 1. The molecule has 0 fully saturated rings. The number of nitrogens with zero attached hydrogens (tertiary/aromatic N) is 2. The number of nitrogens with one attached hydrogen (secondary N) is 1. The van der Waals surface area contributed by atoms with E-state index in [4.69, 9.17) is 10.5 Å². The van der Waals surface area contributed by atoms with Crippen LogP contribution in [-0.4, -0.2) is 35.1 Å². The molecule has 2 atom stereocenters. The number of thiophene rings is 1. The van der Waals surface area contributed by atoms with Gasteiger partial charge in [-0.25, -0.2) is 0 Å². The molecule has 0 saturated carbocycles. The second-order valence-corrected chi connectivity index (χ2v) is 8.40. The number of esters is 1. The van der Waals surface area contributed by atoms with Crippen molar-refractivity contribution in [2.45, 2.75) is 19.4 Å². The van der Waals surface area contributed by atoms with Crippen molar-refractivity contribution in [3.8, 4) is 0 Å². The van der Waals surface area contributed by atoms with Crippen LogP contribution in [0, 0.1) is 22.0 Å². The monoisotopic (exact) mass is 472 g/mol. The highest BCUT2D eigenvalue weighted by Crippen LogP contribution is 2.30. The normalized spacial score (nSPS) is 12.6. The van der Waals surface area contributed by atoms with Crippen molar-refractivity contribution < 1.29 is 24.3 Å². The molecule has 33 heavy (non-hydrogen) atoms. The van der Waals surface area contributed by atoms with Gasteiger partial charge in [0.15, 0.2) is 0 Å². The van der Waals surface area contributed by atoms with Gasteiger partial charge in [-0.1, -0.05) is 30.3 Å². The zero-order valence-corrected chi connectivity index (χ0v) is 18.5. The summed E-state index contributed by atoms with van der Waals surface area (Å²) >= 11 is 1.36. The minimum Gasteiger partial charge on any atom is -0.461 e. The number of carbonyl (C=O) groups is 2. The van der Waals surface area contributed by atoms with Crippen LogP contribution in [0.25, 0.3) is 10.1 Å². The summed E-state index contributed by atoms with van der Waals surface area (Å²) in [5.41, 5.74) is 6.69. The molecular weight excluding hydrogens is 448 g/mol. The van der Waals surface area contributed by atoms with Crippen molar-refractivity contribution in [1.82, 2.24) is 4.98 Å². The van der Waals surface area contributed by atoms with Crippen LogP contribution < -0.4 is 11.1 Å². The van der Waals surface area contributed by atoms with Gasteiger partial charge in [0, 0.05) is 25.4 Å². The third kappa shape index (κ3) is 7.22. The van der Waals surface area contributed by atoms with Crippen LogP contribution >= 0.6 is 11.3 Å². The maximum absolute atomic E-state index is 12.9. The van der Waals surface area contributed by atoms with Gasteiger partial charge >= 0.3 is 5.97 Å². The minimum atomic E-state index is -0.925. The maximum Gasteiger partial charge on any atom is 0.306 e. The lowest BCUT2D eigenvalue weighted by Crippen LogP contribution is -2.37. The molecule has 3 aromatic rings. The summed E-state index contributed by atoms with van der Waals surface area (Å²) < 4.78 is 6.17. The average molecular weight is 473 g/mol. The molecule has 3 N–H and O–H groups in total. The van der Waals surface area contributed by atoms with Gasteiger partial charge in [-0.05, 0) is 35.4 Å². The molecule has 11 heteroatoms. The number of hydrogen-bond donors (Lipinski definition) is 2. The van der Waals surface area contributed by atoms with Gasteiger partial charge in [0.1, 0.15) is 13.2 Å². The number of pyridine rings is 1. The van der Waals surface area contributed by atoms with Crippen molar-refractivity contribution in [2.24, 2.45) is 17.6 Å². The first-order chi connectivity index (χ1) is 16.0. The van der Waals surface area contributed by atoms with E-state index < -0.39 is 28.8 Å². The first-order valence-electron chi connectivity index (χ1n) is 10.3. The van der Waals surface area contributed by atoms with Gasteiger partial charge in [-0.15, -0.1) is 21.5 Å². The lowest BCUT2D eigenvalue weighted by molar-refractivity contribution is -0.759. The zero-order valence-electron chi connectivity index (χ0n) is 17.7. The van der Waals surface area contributed by atoms with Crippen LogP contribution in [0.5, 0.6) is 0 Å². The second kappa shape index (κ2) is 11.9. The molecule has 0 aliphatic heterocycles. The molecule has 2 aromatic heterocycles. The largest absolute Gasteiger partial charge is 0.461 e. The SMILES string of the molecule is NCC(C(=O)Nc1cc2ccncc2s1)[C@H](CCC(=O)OCc1ccccc1)CO[N+](=O)[O-]. The fourth-order valence-corrected chi connectivity index (χ4v) is 4.28. The molecule has 0 spiro atoms. The third-order valence-corrected chi connectivity index (χ3v) is 6.09. The molecule has 1 unspecified atom stereocenters. The lowest BCUT2D eigenvalue weighted by atomic mass is 9.88. The Balaban J connectivity index is 1.61. The Bertz CT molecular complexity index is 1060. The molecule has 0 radical (unpaired) electrons. The van der Waals surface area contributed by atoms with Gasteiger partial charge in [0.25, 0.3) is 5.09 Å². The molecule has 0 aliphatic rings. The van der Waals surface area contributed by atoms with E-state index in [0.717, 1.165) is 15.6 Å². The standard InChI is InChI=1S/C22H24N4O6S/c23-11-18(22(28)25-20-10-16-8-9-24-12-19(16)33-20)17(14-32-26(29)30)6-7-21(27)31-13-15-4-2-1-3-5-15/h1-5,8-10,12,17-18H,6-7,11,13-14,23H2,(H,25,28)/t17-,18?/m1/s1. The van der Waals surface area contributed by atoms with E-state index in [1.54, 1.807) is 12.4 Å². The van der Waals surface area contributed by atoms with E-state index in [0.29, 0.717) is 5.00 Å². The topological polar surface area (TPSA) is 147 Å². The first-order valence-corrected chi connectivity index (χ1v) is 11.1. The molecule has 3 rings (SSSR count). The Labute approximate surface area is 193 Å². The molecular formula is C22H24N4O6S. The number of benzene rings is 1. The molecule has 10 nitrogen and oxygen atoms in total. The van der Waals surface area contributed by atoms with Crippen LogP contribution in [0.2, 0.25) is 0 Å². The van der Waals surface area contributed by atoms with E-state index in [9.17, 15) is 19.7 Å². The predicted molar refractivity (Wildman–Crippen MR) is 123 cm³/mol. The highest BCUT2D eigenvalue weighted by atomic mass is 32.1. The Kier molecular flexibility index (Phi) is 8.67. The number of hydrogen-bond acceptors (Lipinski definition) is 9. The van der Waals surface area contributed by atoms with Crippen LogP contribution in [0.15, 0.2) is 54.9 Å². The van der Waals surface area contributed by atoms with Gasteiger partial charge in [0.2, 0.25) is 5.91 Å². The Hall–Kier alpha value is -3.57. The van der Waals surface area contributed by atoms with Crippen molar-refractivity contribution in [1.29, 1.82) is 0 Å². The summed E-state index contributed by atoms with van der Waals surface area (Å²) in [6, 6.07) is 12.9. The van der Waals surface area contributed by atoms with Gasteiger partial charge in [0.05, 0.1) is 15.6 Å². The van der Waals surface area contributed by atoms with E-state index in [2.05, 4.69) is 15.1 Å². The summed E-state index contributed by atoms with van der Waals surface area (Å²) in [5, 5.41) is 14.2. The fraction of sp³-hybridized carbons (Fsp3) is 0.318. The Morgan fingerprint density at radius 3 is 2.73 bits per heavy atom. The predicted octanol–water partition coefficient (Wildman–Crippen LogP) is 3.16. The van der Waals surface area contributed by atoms with E-state index >= 15 is 0 Å². The van der Waals surface area contributed by atoms with E-state index in [-0.39, 0.29) is 32.6 Å². The second-order valence-electron chi connectivity index (χ2n) is 7.32. The van der Waals surface area contributed by atoms with Gasteiger partial charge < -0.3 is 20.6 Å². The molecule has 1 aromatic carbocycles. The summed E-state index contributed by atoms with van der Waals surface area (Å²) in [5.74, 6) is -2.32. The quantitative estimate of drug-likeness (QED) is 0.232. The number of amides is 1. The average Bonchev–Trinajstić information content (AvgIpc) is 3.22. The number of ether oxygens (including phenoxy) is 1. The van der Waals surface area contributed by atoms with Crippen LogP contribution in [0.3, 0.4) is 0 Å². The molecule has 0 saturated heterocycles. The first kappa shape index (κ1) is 24.1. The number of carbonyl (C=O) groups excluding carboxylic acids is 2. The summed E-state index contributed by atoms with van der Waals surface area (Å²) in [4.78, 5) is 44.4.